The van der Waals surface area contributed by atoms with Crippen molar-refractivity contribution < 1.29 is 79.2 Å². The van der Waals surface area contributed by atoms with Crippen LogP contribution >= 0.6 is 0 Å². The predicted molar refractivity (Wildman–Crippen MR) is 193 cm³/mol. The Morgan fingerprint density at radius 3 is 0.500 bits per heavy atom. The predicted octanol–water partition coefficient (Wildman–Crippen LogP) is 6.56. The summed E-state index contributed by atoms with van der Waals surface area (Å²) in [7, 11) is 0. The van der Waals surface area contributed by atoms with Crippen LogP contribution < -0.4 is 0 Å². The highest BCUT2D eigenvalue weighted by atomic mass is 16.4. The Morgan fingerprint density at radius 1 is 0.268 bits per heavy atom. The molecule has 0 bridgehead atoms. The monoisotopic (exact) mass is 762 g/mol. The lowest BCUT2D eigenvalue weighted by Crippen LogP contribution is -2.09. The number of hydrogen-bond donors (Lipinski definition) is 8. The van der Waals surface area contributed by atoms with E-state index in [0.717, 1.165) is 72.8 Å². The van der Waals surface area contributed by atoms with Gasteiger partial charge in [-0.25, -0.2) is 38.4 Å². The molecular formula is C40H26O16. The molecule has 5 aromatic carbocycles. The van der Waals surface area contributed by atoms with Crippen molar-refractivity contribution in [3.63, 3.8) is 0 Å². The lowest BCUT2D eigenvalue weighted by atomic mass is 9.77. The van der Waals surface area contributed by atoms with Crippen molar-refractivity contribution in [3.8, 4) is 44.5 Å². The number of benzene rings is 5. The molecule has 5 aromatic rings. The largest absolute Gasteiger partial charge is 0.478 e. The summed E-state index contributed by atoms with van der Waals surface area (Å²) in [5, 5.41) is 79.8. The van der Waals surface area contributed by atoms with Crippen molar-refractivity contribution in [2.24, 2.45) is 0 Å². The highest BCUT2D eigenvalue weighted by molar-refractivity contribution is 6.07. The fourth-order valence-electron chi connectivity index (χ4n) is 6.52. The fourth-order valence-corrected chi connectivity index (χ4v) is 6.52. The van der Waals surface area contributed by atoms with Crippen LogP contribution in [-0.2, 0) is 0 Å². The molecule has 0 fully saturated rings. The molecule has 0 aliphatic heterocycles. The van der Waals surface area contributed by atoms with Crippen molar-refractivity contribution in [1.29, 1.82) is 0 Å². The summed E-state index contributed by atoms with van der Waals surface area (Å²) in [6.45, 7) is 2.77. The third-order valence-corrected chi connectivity index (χ3v) is 8.86. The van der Waals surface area contributed by atoms with Crippen LogP contribution in [0.5, 0.6) is 0 Å². The molecular weight excluding hydrogens is 736 g/mol. The van der Waals surface area contributed by atoms with E-state index in [9.17, 15) is 79.2 Å². The molecule has 0 saturated heterocycles. The smallest absolute Gasteiger partial charge is 0.335 e. The Bertz CT molecular complexity index is 2150. The van der Waals surface area contributed by atoms with Crippen LogP contribution in [-0.4, -0.2) is 88.6 Å². The minimum absolute atomic E-state index is 0.00793. The molecule has 0 spiro atoms. The van der Waals surface area contributed by atoms with Gasteiger partial charge in [-0.15, -0.1) is 0 Å². The van der Waals surface area contributed by atoms with E-state index in [-0.39, 0.29) is 55.6 Å². The van der Waals surface area contributed by atoms with E-state index in [1.54, 1.807) is 0 Å². The number of hydrogen-bond acceptors (Lipinski definition) is 8. The number of carboxylic acids is 8. The normalized spacial score (nSPS) is 10.8. The average molecular weight is 763 g/mol. The Hall–Kier alpha value is -8.14. The number of carboxylic acid groups (broad SMARTS) is 8. The van der Waals surface area contributed by atoms with Crippen molar-refractivity contribution in [2.75, 3.05) is 0 Å². The second-order valence-electron chi connectivity index (χ2n) is 12.4. The van der Waals surface area contributed by atoms with Gasteiger partial charge in [0, 0.05) is 0 Å². The average Bonchev–Trinajstić information content (AvgIpc) is 3.14. The summed E-state index contributed by atoms with van der Waals surface area (Å²) in [5.41, 5.74) is -4.99. The van der Waals surface area contributed by atoms with Gasteiger partial charge in [0.15, 0.2) is 0 Å². The maximum atomic E-state index is 12.3. The lowest BCUT2D eigenvalue weighted by Gasteiger charge is -2.26. The SMILES string of the molecule is Cc1c(-c2cc(C(=O)O)cc(C(=O)O)c2)c(-c2cc(C(=O)O)cc(C(=O)O)c2)c(C)c(-c2cc(C(=O)O)cc(C(=O)O)c2)c1-c1cc(C(=O)O)cc(C(=O)O)c1. The van der Waals surface area contributed by atoms with E-state index < -0.39 is 92.3 Å². The van der Waals surface area contributed by atoms with E-state index in [1.165, 1.54) is 13.8 Å². The van der Waals surface area contributed by atoms with Gasteiger partial charge in [0.25, 0.3) is 0 Å². The quantitative estimate of drug-likeness (QED) is 0.0667. The first-order valence-electron chi connectivity index (χ1n) is 15.9. The summed E-state index contributed by atoms with van der Waals surface area (Å²) < 4.78 is 0. The van der Waals surface area contributed by atoms with Crippen LogP contribution in [0.15, 0.2) is 72.8 Å². The first kappa shape index (κ1) is 39.1. The summed E-state index contributed by atoms with van der Waals surface area (Å²) in [4.78, 5) is 98.2. The molecule has 16 nitrogen and oxygen atoms in total. The molecule has 0 atom stereocenters. The van der Waals surface area contributed by atoms with Gasteiger partial charge in [-0.05, 0) is 142 Å². The number of carbonyl (C=O) groups is 8. The van der Waals surface area contributed by atoms with Gasteiger partial charge in [0.05, 0.1) is 44.5 Å². The van der Waals surface area contributed by atoms with Crippen LogP contribution in [0.25, 0.3) is 44.5 Å². The van der Waals surface area contributed by atoms with Crippen LogP contribution in [0, 0.1) is 13.8 Å². The van der Waals surface area contributed by atoms with Crippen LogP contribution in [0.1, 0.15) is 94.0 Å². The van der Waals surface area contributed by atoms with Crippen molar-refractivity contribution >= 4 is 47.8 Å². The lowest BCUT2D eigenvalue weighted by molar-refractivity contribution is 0.0676. The van der Waals surface area contributed by atoms with Gasteiger partial charge in [0.2, 0.25) is 0 Å². The minimum atomic E-state index is -1.56. The van der Waals surface area contributed by atoms with E-state index in [1.807, 2.05) is 0 Å². The Balaban J connectivity index is 2.18. The molecule has 0 aliphatic rings. The van der Waals surface area contributed by atoms with Gasteiger partial charge in [-0.3, -0.25) is 0 Å². The van der Waals surface area contributed by atoms with Crippen molar-refractivity contribution in [3.05, 3.63) is 128 Å². The van der Waals surface area contributed by atoms with Crippen LogP contribution in [0.2, 0.25) is 0 Å². The molecule has 16 heteroatoms. The molecule has 282 valence electrons. The third kappa shape index (κ3) is 7.38. The molecule has 8 N–H and O–H groups in total. The van der Waals surface area contributed by atoms with Crippen LogP contribution in [0.4, 0.5) is 0 Å². The summed E-state index contributed by atoms with van der Waals surface area (Å²) in [5.74, 6) is -12.5. The Labute approximate surface area is 313 Å². The summed E-state index contributed by atoms with van der Waals surface area (Å²) in [6, 6.07) is 12.0. The molecule has 0 amide bonds. The van der Waals surface area contributed by atoms with Gasteiger partial charge in [-0.2, -0.15) is 0 Å². The first-order valence-corrected chi connectivity index (χ1v) is 15.9. The molecule has 0 saturated carbocycles. The van der Waals surface area contributed by atoms with Gasteiger partial charge in [-0.1, -0.05) is 0 Å². The highest BCUT2D eigenvalue weighted by Gasteiger charge is 2.28. The topological polar surface area (TPSA) is 298 Å². The molecule has 0 radical (unpaired) electrons. The molecule has 0 unspecified atom stereocenters. The maximum Gasteiger partial charge on any atom is 0.335 e. The second-order valence-corrected chi connectivity index (χ2v) is 12.4. The summed E-state index contributed by atoms with van der Waals surface area (Å²) in [6.07, 6.45) is 0. The van der Waals surface area contributed by atoms with E-state index in [2.05, 4.69) is 0 Å². The molecule has 0 aromatic heterocycles. The summed E-state index contributed by atoms with van der Waals surface area (Å²) >= 11 is 0. The molecule has 5 rings (SSSR count). The van der Waals surface area contributed by atoms with E-state index in [4.69, 9.17) is 0 Å². The fraction of sp³-hybridized carbons (Fsp3) is 0.0500. The van der Waals surface area contributed by atoms with E-state index >= 15 is 0 Å². The Kier molecular flexibility index (Phi) is 10.3. The zero-order valence-electron chi connectivity index (χ0n) is 28.8. The number of rotatable bonds is 12. The maximum absolute atomic E-state index is 12.3. The molecule has 56 heavy (non-hydrogen) atoms. The van der Waals surface area contributed by atoms with Crippen LogP contribution in [0.3, 0.4) is 0 Å². The van der Waals surface area contributed by atoms with E-state index in [0.29, 0.717) is 0 Å². The Morgan fingerprint density at radius 2 is 0.393 bits per heavy atom. The third-order valence-electron chi connectivity index (χ3n) is 8.86. The minimum Gasteiger partial charge on any atom is -0.478 e. The van der Waals surface area contributed by atoms with Gasteiger partial charge < -0.3 is 40.9 Å². The first-order chi connectivity index (χ1) is 26.2. The van der Waals surface area contributed by atoms with Gasteiger partial charge >= 0.3 is 47.8 Å². The van der Waals surface area contributed by atoms with Crippen molar-refractivity contribution in [1.82, 2.24) is 0 Å². The number of aromatic carboxylic acids is 8. The standard InChI is InChI=1S/C40H26O16/c1-15-29(17-3-21(33(41)42)11-22(4-17)34(43)44)31(19-7-25(37(49)50)13-26(8-19)38(51)52)16(2)32(20-9-27(39(53)54)14-28(10-20)40(55)56)30(15)18-5-23(35(45)46)12-24(6-18)36(47)48/h3-14H,1-2H3,(H,41,42)(H,43,44)(H,45,46)(H,47,48)(H,49,50)(H,51,52)(H,53,54)(H,55,56). The van der Waals surface area contributed by atoms with Crippen molar-refractivity contribution in [2.45, 2.75) is 13.8 Å². The zero-order chi connectivity index (χ0) is 41.5. The molecule has 0 aliphatic carbocycles. The second kappa shape index (κ2) is 14.7. The highest BCUT2D eigenvalue weighted by Crippen LogP contribution is 2.49. The van der Waals surface area contributed by atoms with Gasteiger partial charge in [0.1, 0.15) is 0 Å². The molecule has 0 heterocycles. The zero-order valence-corrected chi connectivity index (χ0v) is 28.8.